The van der Waals surface area contributed by atoms with Crippen molar-refractivity contribution in [2.24, 2.45) is 0 Å². The van der Waals surface area contributed by atoms with Gasteiger partial charge in [-0.1, -0.05) is 0 Å². The highest BCUT2D eigenvalue weighted by molar-refractivity contribution is 5.17. The summed E-state index contributed by atoms with van der Waals surface area (Å²) >= 11 is 0. The first kappa shape index (κ1) is 9.67. The van der Waals surface area contributed by atoms with Crippen LogP contribution in [0.2, 0.25) is 0 Å². The fourth-order valence-corrected chi connectivity index (χ4v) is 1.23. The molecule has 0 aromatic carbocycles. The number of hydrogen-bond acceptors (Lipinski definition) is 4. The third kappa shape index (κ3) is 2.78. The van der Waals surface area contributed by atoms with E-state index in [0.717, 1.165) is 17.8 Å². The van der Waals surface area contributed by atoms with E-state index in [1.165, 1.54) is 6.20 Å². The zero-order chi connectivity index (χ0) is 10.5. The molecule has 0 saturated carbocycles. The van der Waals surface area contributed by atoms with E-state index in [2.05, 4.69) is 20.5 Å². The van der Waals surface area contributed by atoms with Gasteiger partial charge in [-0.05, 0) is 12.1 Å². The molecule has 0 atom stereocenters. The van der Waals surface area contributed by atoms with E-state index in [-0.39, 0.29) is 5.75 Å². The first-order valence-corrected chi connectivity index (χ1v) is 4.67. The lowest BCUT2D eigenvalue weighted by Gasteiger charge is -2.02. The van der Waals surface area contributed by atoms with Crippen LogP contribution in [-0.4, -0.2) is 20.3 Å². The summed E-state index contributed by atoms with van der Waals surface area (Å²) in [6.07, 6.45) is 5.06. The molecule has 0 radical (unpaired) electrons. The lowest BCUT2D eigenvalue weighted by Crippen LogP contribution is -2.12. The molecular formula is C10H12N4O. The number of pyridine rings is 1. The van der Waals surface area contributed by atoms with E-state index < -0.39 is 0 Å². The van der Waals surface area contributed by atoms with Crippen LogP contribution in [-0.2, 0) is 13.1 Å². The third-order valence-electron chi connectivity index (χ3n) is 2.00. The lowest BCUT2D eigenvalue weighted by atomic mass is 10.3. The quantitative estimate of drug-likeness (QED) is 0.688. The second kappa shape index (κ2) is 4.56. The predicted molar refractivity (Wildman–Crippen MR) is 55.0 cm³/mol. The first-order valence-electron chi connectivity index (χ1n) is 4.67. The van der Waals surface area contributed by atoms with Gasteiger partial charge >= 0.3 is 0 Å². The van der Waals surface area contributed by atoms with Crippen LogP contribution in [0.3, 0.4) is 0 Å². The number of aromatic nitrogens is 3. The summed E-state index contributed by atoms with van der Waals surface area (Å²) < 4.78 is 0. The Morgan fingerprint density at radius 2 is 2.20 bits per heavy atom. The number of nitrogens with zero attached hydrogens (tertiary/aromatic N) is 2. The number of rotatable bonds is 4. The molecule has 0 amide bonds. The molecule has 2 aromatic rings. The van der Waals surface area contributed by atoms with E-state index in [9.17, 15) is 0 Å². The van der Waals surface area contributed by atoms with Crippen molar-refractivity contribution >= 4 is 0 Å². The summed E-state index contributed by atoms with van der Waals surface area (Å²) in [5.41, 5.74) is 2.00. The topological polar surface area (TPSA) is 73.8 Å². The van der Waals surface area contributed by atoms with Gasteiger partial charge in [0.25, 0.3) is 0 Å². The van der Waals surface area contributed by atoms with E-state index in [0.29, 0.717) is 6.54 Å². The summed E-state index contributed by atoms with van der Waals surface area (Å²) in [5, 5.41) is 18.8. The monoisotopic (exact) mass is 204 g/mol. The van der Waals surface area contributed by atoms with Gasteiger partial charge in [-0.15, -0.1) is 0 Å². The fourth-order valence-electron chi connectivity index (χ4n) is 1.23. The van der Waals surface area contributed by atoms with Crippen molar-refractivity contribution in [3.05, 3.63) is 42.0 Å². The average molecular weight is 204 g/mol. The second-order valence-corrected chi connectivity index (χ2v) is 3.22. The molecule has 2 rings (SSSR count). The molecule has 0 unspecified atom stereocenters. The Labute approximate surface area is 87.2 Å². The van der Waals surface area contributed by atoms with E-state index >= 15 is 0 Å². The van der Waals surface area contributed by atoms with Crippen LogP contribution in [0.4, 0.5) is 0 Å². The minimum absolute atomic E-state index is 0.189. The van der Waals surface area contributed by atoms with Gasteiger partial charge in [-0.2, -0.15) is 5.10 Å². The van der Waals surface area contributed by atoms with Gasteiger partial charge < -0.3 is 10.4 Å². The molecule has 5 nitrogen and oxygen atoms in total. The number of aromatic amines is 1. The minimum atomic E-state index is 0.189. The van der Waals surface area contributed by atoms with Crippen molar-refractivity contribution in [3.63, 3.8) is 0 Å². The highest BCUT2D eigenvalue weighted by atomic mass is 16.3. The van der Waals surface area contributed by atoms with Gasteiger partial charge in [0.2, 0.25) is 0 Å². The molecule has 0 aliphatic heterocycles. The van der Waals surface area contributed by atoms with E-state index in [1.54, 1.807) is 18.3 Å². The lowest BCUT2D eigenvalue weighted by molar-refractivity contribution is 0.471. The second-order valence-electron chi connectivity index (χ2n) is 3.22. The Balaban J connectivity index is 1.81. The smallest absolute Gasteiger partial charge is 0.133 e. The SMILES string of the molecule is Oc1ccc(CNCc2cn[nH]c2)nc1. The third-order valence-corrected chi connectivity index (χ3v) is 2.00. The predicted octanol–water partition coefficient (Wildman–Crippen LogP) is 0.800. The molecular weight excluding hydrogens is 192 g/mol. The van der Waals surface area contributed by atoms with E-state index in [4.69, 9.17) is 5.11 Å². The van der Waals surface area contributed by atoms with Gasteiger partial charge in [0.05, 0.1) is 18.1 Å². The zero-order valence-corrected chi connectivity index (χ0v) is 8.14. The average Bonchev–Trinajstić information content (AvgIpc) is 2.74. The molecule has 0 spiro atoms. The summed E-state index contributed by atoms with van der Waals surface area (Å²) in [4.78, 5) is 4.06. The van der Waals surface area contributed by atoms with Gasteiger partial charge in [0.1, 0.15) is 5.75 Å². The number of nitrogens with one attached hydrogen (secondary N) is 2. The van der Waals surface area contributed by atoms with E-state index in [1.807, 2.05) is 6.20 Å². The molecule has 3 N–H and O–H groups in total. The Morgan fingerprint density at radius 1 is 1.27 bits per heavy atom. The Bertz CT molecular complexity index is 396. The largest absolute Gasteiger partial charge is 0.506 e. The van der Waals surface area contributed by atoms with Crippen molar-refractivity contribution in [1.82, 2.24) is 20.5 Å². The summed E-state index contributed by atoms with van der Waals surface area (Å²) in [5.74, 6) is 0.189. The summed E-state index contributed by atoms with van der Waals surface area (Å²) in [6, 6.07) is 3.42. The highest BCUT2D eigenvalue weighted by Crippen LogP contribution is 2.05. The van der Waals surface area contributed by atoms with Crippen LogP contribution >= 0.6 is 0 Å². The molecule has 0 bridgehead atoms. The summed E-state index contributed by atoms with van der Waals surface area (Å²) in [6.45, 7) is 1.42. The van der Waals surface area contributed by atoms with Crippen LogP contribution in [0, 0.1) is 0 Å². The Morgan fingerprint density at radius 3 is 2.87 bits per heavy atom. The van der Waals surface area contributed by atoms with Crippen molar-refractivity contribution in [3.8, 4) is 5.75 Å². The maximum atomic E-state index is 9.04. The van der Waals surface area contributed by atoms with Gasteiger partial charge in [0.15, 0.2) is 0 Å². The van der Waals surface area contributed by atoms with Crippen molar-refractivity contribution in [2.75, 3.05) is 0 Å². The van der Waals surface area contributed by atoms with Crippen LogP contribution in [0.25, 0.3) is 0 Å². The van der Waals surface area contributed by atoms with Crippen molar-refractivity contribution < 1.29 is 5.11 Å². The number of aromatic hydroxyl groups is 1. The first-order chi connectivity index (χ1) is 7.34. The van der Waals surface area contributed by atoms with Gasteiger partial charge in [-0.25, -0.2) is 0 Å². The Hall–Kier alpha value is -1.88. The molecule has 0 aliphatic carbocycles. The number of hydrogen-bond donors (Lipinski definition) is 3. The molecule has 2 aromatic heterocycles. The molecule has 5 heteroatoms. The summed E-state index contributed by atoms with van der Waals surface area (Å²) in [7, 11) is 0. The number of H-pyrrole nitrogens is 1. The maximum Gasteiger partial charge on any atom is 0.133 e. The molecule has 2 heterocycles. The van der Waals surface area contributed by atoms with Gasteiger partial charge in [-0.3, -0.25) is 10.1 Å². The molecule has 15 heavy (non-hydrogen) atoms. The highest BCUT2D eigenvalue weighted by Gasteiger charge is 1.96. The zero-order valence-electron chi connectivity index (χ0n) is 8.14. The van der Waals surface area contributed by atoms with Gasteiger partial charge in [0, 0.05) is 24.8 Å². The standard InChI is InChI=1S/C10H12N4O/c15-10-2-1-9(12-7-10)6-11-3-8-4-13-14-5-8/h1-2,4-5,7,11,15H,3,6H2,(H,13,14). The minimum Gasteiger partial charge on any atom is -0.506 e. The molecule has 78 valence electrons. The van der Waals surface area contributed by atoms with Crippen LogP contribution < -0.4 is 5.32 Å². The van der Waals surface area contributed by atoms with Crippen molar-refractivity contribution in [1.29, 1.82) is 0 Å². The molecule has 0 fully saturated rings. The molecule has 0 saturated heterocycles. The van der Waals surface area contributed by atoms with Crippen LogP contribution in [0.1, 0.15) is 11.3 Å². The van der Waals surface area contributed by atoms with Crippen LogP contribution in [0.15, 0.2) is 30.7 Å². The Kier molecular flexibility index (Phi) is 2.94. The maximum absolute atomic E-state index is 9.04. The van der Waals surface area contributed by atoms with Crippen molar-refractivity contribution in [2.45, 2.75) is 13.1 Å². The van der Waals surface area contributed by atoms with Crippen LogP contribution in [0.5, 0.6) is 5.75 Å². The normalized spacial score (nSPS) is 10.4. The fraction of sp³-hybridized carbons (Fsp3) is 0.200. The molecule has 0 aliphatic rings.